The van der Waals surface area contributed by atoms with Crippen molar-refractivity contribution in [3.05, 3.63) is 18.2 Å². The third-order valence-corrected chi connectivity index (χ3v) is 1.62. The fraction of sp³-hybridized carbons (Fsp3) is 0.333. The SMILES string of the molecule is CCOC(=O)CNc1cccc(NN)n1. The Kier molecular flexibility index (Phi) is 4.36. The molecule has 0 radical (unpaired) electrons. The topological polar surface area (TPSA) is 89.3 Å². The van der Waals surface area contributed by atoms with E-state index in [0.717, 1.165) is 0 Å². The van der Waals surface area contributed by atoms with Crippen LogP contribution in [-0.2, 0) is 9.53 Å². The molecule has 0 aliphatic heterocycles. The van der Waals surface area contributed by atoms with Gasteiger partial charge in [-0.25, -0.2) is 10.8 Å². The van der Waals surface area contributed by atoms with Crippen LogP contribution in [-0.4, -0.2) is 24.1 Å². The van der Waals surface area contributed by atoms with Crippen molar-refractivity contribution < 1.29 is 9.53 Å². The number of nitrogens with one attached hydrogen (secondary N) is 2. The van der Waals surface area contributed by atoms with Crippen molar-refractivity contribution in [3.8, 4) is 0 Å². The van der Waals surface area contributed by atoms with Gasteiger partial charge in [-0.3, -0.25) is 4.79 Å². The van der Waals surface area contributed by atoms with E-state index in [0.29, 0.717) is 18.2 Å². The minimum absolute atomic E-state index is 0.0921. The number of hydrogen-bond donors (Lipinski definition) is 3. The number of hydrazine groups is 1. The normalized spacial score (nSPS) is 9.47. The van der Waals surface area contributed by atoms with Gasteiger partial charge >= 0.3 is 5.97 Å². The predicted molar refractivity (Wildman–Crippen MR) is 57.2 cm³/mol. The van der Waals surface area contributed by atoms with E-state index in [1.807, 2.05) is 0 Å². The summed E-state index contributed by atoms with van der Waals surface area (Å²) in [4.78, 5) is 15.1. The summed E-state index contributed by atoms with van der Waals surface area (Å²) in [6, 6.07) is 5.23. The Morgan fingerprint density at radius 3 is 2.93 bits per heavy atom. The summed E-state index contributed by atoms with van der Waals surface area (Å²) in [5.41, 5.74) is 2.41. The summed E-state index contributed by atoms with van der Waals surface area (Å²) < 4.78 is 4.75. The van der Waals surface area contributed by atoms with Gasteiger partial charge < -0.3 is 15.5 Å². The lowest BCUT2D eigenvalue weighted by atomic mass is 10.4. The number of nitrogens with two attached hydrogens (primary N) is 1. The summed E-state index contributed by atoms with van der Waals surface area (Å²) >= 11 is 0. The minimum atomic E-state index is -0.314. The highest BCUT2D eigenvalue weighted by atomic mass is 16.5. The number of aromatic nitrogens is 1. The fourth-order valence-electron chi connectivity index (χ4n) is 0.988. The zero-order chi connectivity index (χ0) is 11.1. The molecule has 4 N–H and O–H groups in total. The number of nitrogens with zero attached hydrogens (tertiary/aromatic N) is 1. The molecule has 0 saturated heterocycles. The van der Waals surface area contributed by atoms with Gasteiger partial charge in [0.05, 0.1) is 6.61 Å². The van der Waals surface area contributed by atoms with Crippen molar-refractivity contribution in [1.82, 2.24) is 4.98 Å². The monoisotopic (exact) mass is 210 g/mol. The van der Waals surface area contributed by atoms with Gasteiger partial charge in [0.25, 0.3) is 0 Å². The average molecular weight is 210 g/mol. The smallest absolute Gasteiger partial charge is 0.325 e. The third kappa shape index (κ3) is 3.82. The van der Waals surface area contributed by atoms with Crippen LogP contribution in [0.4, 0.5) is 11.6 Å². The fourth-order valence-corrected chi connectivity index (χ4v) is 0.988. The highest BCUT2D eigenvalue weighted by molar-refractivity contribution is 5.74. The molecule has 0 aromatic carbocycles. The zero-order valence-corrected chi connectivity index (χ0v) is 8.49. The van der Waals surface area contributed by atoms with E-state index in [2.05, 4.69) is 15.7 Å². The van der Waals surface area contributed by atoms with Crippen molar-refractivity contribution in [2.75, 3.05) is 23.9 Å². The van der Waals surface area contributed by atoms with Crippen molar-refractivity contribution >= 4 is 17.6 Å². The van der Waals surface area contributed by atoms with Gasteiger partial charge in [0.15, 0.2) is 0 Å². The molecule has 6 heteroatoms. The van der Waals surface area contributed by atoms with Crippen LogP contribution in [0.5, 0.6) is 0 Å². The second kappa shape index (κ2) is 5.82. The number of anilines is 2. The molecule has 1 rings (SSSR count). The van der Waals surface area contributed by atoms with Crippen LogP contribution >= 0.6 is 0 Å². The molecule has 0 fully saturated rings. The molecule has 0 amide bonds. The summed E-state index contributed by atoms with van der Waals surface area (Å²) in [6.45, 7) is 2.22. The third-order valence-electron chi connectivity index (χ3n) is 1.62. The minimum Gasteiger partial charge on any atom is -0.465 e. The molecule has 1 aromatic heterocycles. The zero-order valence-electron chi connectivity index (χ0n) is 8.49. The first-order valence-electron chi connectivity index (χ1n) is 4.59. The van der Waals surface area contributed by atoms with Gasteiger partial charge in [-0.2, -0.15) is 0 Å². The molecule has 0 atom stereocenters. The van der Waals surface area contributed by atoms with Gasteiger partial charge in [0, 0.05) is 0 Å². The largest absolute Gasteiger partial charge is 0.465 e. The Labute approximate surface area is 87.8 Å². The molecule has 0 bridgehead atoms. The van der Waals surface area contributed by atoms with Crippen molar-refractivity contribution in [2.24, 2.45) is 5.84 Å². The van der Waals surface area contributed by atoms with E-state index < -0.39 is 0 Å². The molecule has 1 aromatic rings. The first kappa shape index (κ1) is 11.3. The maximum atomic E-state index is 11.0. The van der Waals surface area contributed by atoms with Crippen LogP contribution in [0.15, 0.2) is 18.2 Å². The number of ether oxygens (including phenoxy) is 1. The van der Waals surface area contributed by atoms with Crippen LogP contribution in [0, 0.1) is 0 Å². The van der Waals surface area contributed by atoms with Crippen LogP contribution in [0.3, 0.4) is 0 Å². The lowest BCUT2D eigenvalue weighted by Crippen LogP contribution is -2.17. The molecule has 0 unspecified atom stereocenters. The second-order valence-electron chi connectivity index (χ2n) is 2.71. The lowest BCUT2D eigenvalue weighted by molar-refractivity contribution is -0.140. The molecule has 0 aliphatic rings. The van der Waals surface area contributed by atoms with Crippen LogP contribution in [0.1, 0.15) is 6.92 Å². The Morgan fingerprint density at radius 1 is 1.53 bits per heavy atom. The second-order valence-corrected chi connectivity index (χ2v) is 2.71. The predicted octanol–water partition coefficient (Wildman–Crippen LogP) is 0.342. The Bertz CT molecular complexity index is 330. The van der Waals surface area contributed by atoms with Crippen molar-refractivity contribution in [3.63, 3.8) is 0 Å². The van der Waals surface area contributed by atoms with Crippen molar-refractivity contribution in [2.45, 2.75) is 6.92 Å². The van der Waals surface area contributed by atoms with Gasteiger partial charge in [-0.05, 0) is 19.1 Å². The summed E-state index contributed by atoms with van der Waals surface area (Å²) in [6.07, 6.45) is 0. The van der Waals surface area contributed by atoms with Crippen molar-refractivity contribution in [1.29, 1.82) is 0 Å². The summed E-state index contributed by atoms with van der Waals surface area (Å²) in [5.74, 6) is 5.98. The number of esters is 1. The van der Waals surface area contributed by atoms with Crippen LogP contribution < -0.4 is 16.6 Å². The summed E-state index contributed by atoms with van der Waals surface area (Å²) in [7, 11) is 0. The molecule has 0 spiro atoms. The molecule has 15 heavy (non-hydrogen) atoms. The standard InChI is InChI=1S/C9H14N4O2/c1-2-15-9(14)6-11-7-4-3-5-8(12-7)13-10/h3-5H,2,6,10H2,1H3,(H2,11,12,13). The van der Waals surface area contributed by atoms with Gasteiger partial charge in [0.1, 0.15) is 18.2 Å². The van der Waals surface area contributed by atoms with Crippen LogP contribution in [0.2, 0.25) is 0 Å². The summed E-state index contributed by atoms with van der Waals surface area (Å²) in [5, 5.41) is 2.82. The molecular weight excluding hydrogens is 196 g/mol. The number of rotatable bonds is 5. The maximum Gasteiger partial charge on any atom is 0.325 e. The number of hydrogen-bond acceptors (Lipinski definition) is 6. The highest BCUT2D eigenvalue weighted by Crippen LogP contribution is 2.07. The Balaban J connectivity index is 2.46. The Hall–Kier alpha value is -1.82. The quantitative estimate of drug-likeness (QED) is 0.369. The van der Waals surface area contributed by atoms with E-state index in [1.165, 1.54) is 0 Å². The molecule has 0 saturated carbocycles. The molecular formula is C9H14N4O2. The number of pyridine rings is 1. The van der Waals surface area contributed by atoms with Gasteiger partial charge in [-0.15, -0.1) is 0 Å². The first-order chi connectivity index (χ1) is 7.26. The van der Waals surface area contributed by atoms with E-state index >= 15 is 0 Å². The van der Waals surface area contributed by atoms with E-state index in [9.17, 15) is 4.79 Å². The first-order valence-corrected chi connectivity index (χ1v) is 4.59. The van der Waals surface area contributed by atoms with Gasteiger partial charge in [0.2, 0.25) is 0 Å². The van der Waals surface area contributed by atoms with E-state index in [-0.39, 0.29) is 12.5 Å². The molecule has 82 valence electrons. The molecule has 6 nitrogen and oxygen atoms in total. The number of carbonyl (C=O) groups excluding carboxylic acids is 1. The number of nitrogen functional groups attached to an aromatic ring is 1. The maximum absolute atomic E-state index is 11.0. The Morgan fingerprint density at radius 2 is 2.27 bits per heavy atom. The van der Waals surface area contributed by atoms with E-state index in [1.54, 1.807) is 25.1 Å². The lowest BCUT2D eigenvalue weighted by Gasteiger charge is -2.06. The van der Waals surface area contributed by atoms with Crippen LogP contribution in [0.25, 0.3) is 0 Å². The number of carbonyl (C=O) groups is 1. The average Bonchev–Trinajstić information content (AvgIpc) is 2.27. The van der Waals surface area contributed by atoms with E-state index in [4.69, 9.17) is 10.6 Å². The molecule has 0 aliphatic carbocycles. The highest BCUT2D eigenvalue weighted by Gasteiger charge is 2.01. The molecule has 1 heterocycles. The van der Waals surface area contributed by atoms with Gasteiger partial charge in [-0.1, -0.05) is 6.07 Å².